The Bertz CT molecular complexity index is 1150. The average Bonchev–Trinajstić information content (AvgIpc) is 3.32. The number of hydrazone groups is 1. The molecule has 1 N–H and O–H groups in total. The lowest BCUT2D eigenvalue weighted by atomic mass is 10.2. The van der Waals surface area contributed by atoms with Crippen LogP contribution in [0, 0.1) is 0 Å². The van der Waals surface area contributed by atoms with Crippen LogP contribution in [0.15, 0.2) is 68.5 Å². The molecule has 0 bridgehead atoms. The average molecular weight is 462 g/mol. The van der Waals surface area contributed by atoms with Crippen LogP contribution < -0.4 is 5.43 Å². The molecule has 2 aromatic heterocycles. The SMILES string of the molecule is O=C(CSc1nc2ccccc2s1)NN=Cc1ccc(-c2cc(Cl)cc(Cl)c2)o1. The van der Waals surface area contributed by atoms with Crippen molar-refractivity contribution in [3.63, 3.8) is 0 Å². The van der Waals surface area contributed by atoms with Crippen molar-refractivity contribution in [2.45, 2.75) is 4.34 Å². The smallest absolute Gasteiger partial charge is 0.250 e. The Morgan fingerprint density at radius 3 is 2.76 bits per heavy atom. The minimum Gasteiger partial charge on any atom is -0.455 e. The van der Waals surface area contributed by atoms with Gasteiger partial charge in [0.1, 0.15) is 11.5 Å². The Kier molecular flexibility index (Phi) is 6.20. The Morgan fingerprint density at radius 2 is 1.97 bits per heavy atom. The number of aromatic nitrogens is 1. The van der Waals surface area contributed by atoms with E-state index in [-0.39, 0.29) is 11.7 Å². The van der Waals surface area contributed by atoms with E-state index in [9.17, 15) is 4.79 Å². The third-order valence-electron chi connectivity index (χ3n) is 3.76. The molecule has 2 heterocycles. The number of hydrogen-bond donors (Lipinski definition) is 1. The topological polar surface area (TPSA) is 67.5 Å². The number of hydrogen-bond acceptors (Lipinski definition) is 6. The van der Waals surface area contributed by atoms with Crippen molar-refractivity contribution in [1.82, 2.24) is 10.4 Å². The molecule has 0 saturated carbocycles. The van der Waals surface area contributed by atoms with Gasteiger partial charge in [-0.05, 0) is 42.5 Å². The van der Waals surface area contributed by atoms with E-state index >= 15 is 0 Å². The zero-order valence-electron chi connectivity index (χ0n) is 14.8. The fourth-order valence-electron chi connectivity index (χ4n) is 2.51. The number of para-hydroxylation sites is 1. The number of carbonyl (C=O) groups excluding carboxylic acids is 1. The summed E-state index contributed by atoms with van der Waals surface area (Å²) in [7, 11) is 0. The van der Waals surface area contributed by atoms with Gasteiger partial charge in [-0.3, -0.25) is 4.79 Å². The van der Waals surface area contributed by atoms with Gasteiger partial charge in [0.15, 0.2) is 4.34 Å². The predicted molar refractivity (Wildman–Crippen MR) is 120 cm³/mol. The van der Waals surface area contributed by atoms with E-state index in [4.69, 9.17) is 27.6 Å². The van der Waals surface area contributed by atoms with Gasteiger partial charge in [0.05, 0.1) is 22.2 Å². The molecule has 0 spiro atoms. The normalized spacial score (nSPS) is 11.4. The van der Waals surface area contributed by atoms with Crippen molar-refractivity contribution < 1.29 is 9.21 Å². The Hall–Kier alpha value is -2.32. The Labute approximate surface area is 184 Å². The van der Waals surface area contributed by atoms with Gasteiger partial charge in [-0.2, -0.15) is 5.10 Å². The van der Waals surface area contributed by atoms with Gasteiger partial charge in [0.2, 0.25) is 0 Å². The van der Waals surface area contributed by atoms with Crippen molar-refractivity contribution in [2.75, 3.05) is 5.75 Å². The van der Waals surface area contributed by atoms with Crippen LogP contribution in [0.25, 0.3) is 21.5 Å². The number of nitrogens with one attached hydrogen (secondary N) is 1. The largest absolute Gasteiger partial charge is 0.455 e. The molecular weight excluding hydrogens is 449 g/mol. The van der Waals surface area contributed by atoms with Crippen LogP contribution in [0.1, 0.15) is 5.76 Å². The van der Waals surface area contributed by atoms with Crippen LogP contribution >= 0.6 is 46.3 Å². The molecule has 0 fully saturated rings. The summed E-state index contributed by atoms with van der Waals surface area (Å²) in [5.74, 6) is 1.10. The molecule has 5 nitrogen and oxygen atoms in total. The summed E-state index contributed by atoms with van der Waals surface area (Å²) in [5, 5.41) is 4.99. The first kappa shape index (κ1) is 20.0. The summed E-state index contributed by atoms with van der Waals surface area (Å²) in [6, 6.07) is 16.6. The van der Waals surface area contributed by atoms with Crippen molar-refractivity contribution >= 4 is 68.6 Å². The molecule has 0 saturated heterocycles. The van der Waals surface area contributed by atoms with E-state index in [0.717, 1.165) is 20.1 Å². The molecule has 0 unspecified atom stereocenters. The van der Waals surface area contributed by atoms with Gasteiger partial charge in [-0.25, -0.2) is 10.4 Å². The minimum atomic E-state index is -0.223. The van der Waals surface area contributed by atoms with Gasteiger partial charge in [0, 0.05) is 15.6 Å². The highest BCUT2D eigenvalue weighted by atomic mass is 35.5. The number of carbonyl (C=O) groups is 1. The van der Waals surface area contributed by atoms with Crippen LogP contribution in [0.5, 0.6) is 0 Å². The van der Waals surface area contributed by atoms with E-state index in [1.807, 2.05) is 24.3 Å². The predicted octanol–water partition coefficient (Wildman–Crippen LogP) is 6.11. The number of benzene rings is 2. The number of amides is 1. The van der Waals surface area contributed by atoms with E-state index in [0.29, 0.717) is 21.6 Å². The number of halogens is 2. The maximum atomic E-state index is 12.0. The van der Waals surface area contributed by atoms with Crippen LogP contribution in [-0.4, -0.2) is 22.9 Å². The van der Waals surface area contributed by atoms with Crippen molar-refractivity contribution in [2.24, 2.45) is 5.10 Å². The zero-order valence-corrected chi connectivity index (χ0v) is 17.9. The van der Waals surface area contributed by atoms with E-state index in [1.165, 1.54) is 18.0 Å². The molecule has 146 valence electrons. The first-order valence-electron chi connectivity index (χ1n) is 8.43. The first-order chi connectivity index (χ1) is 14.1. The fourth-order valence-corrected chi connectivity index (χ4v) is 4.90. The van der Waals surface area contributed by atoms with Crippen LogP contribution in [0.4, 0.5) is 0 Å². The summed E-state index contributed by atoms with van der Waals surface area (Å²) in [6.45, 7) is 0. The summed E-state index contributed by atoms with van der Waals surface area (Å²) < 4.78 is 7.64. The highest BCUT2D eigenvalue weighted by Gasteiger charge is 2.08. The second-order valence-corrected chi connectivity index (χ2v) is 9.02. The molecule has 4 aromatic rings. The van der Waals surface area contributed by atoms with E-state index in [1.54, 1.807) is 41.7 Å². The number of rotatable bonds is 6. The zero-order chi connectivity index (χ0) is 20.2. The summed E-state index contributed by atoms with van der Waals surface area (Å²) in [4.78, 5) is 16.5. The second-order valence-electron chi connectivity index (χ2n) is 5.89. The maximum Gasteiger partial charge on any atom is 0.250 e. The van der Waals surface area contributed by atoms with Crippen molar-refractivity contribution in [1.29, 1.82) is 0 Å². The first-order valence-corrected chi connectivity index (χ1v) is 11.0. The molecule has 29 heavy (non-hydrogen) atoms. The van der Waals surface area contributed by atoms with Gasteiger partial charge in [0.25, 0.3) is 5.91 Å². The number of fused-ring (bicyclic) bond motifs is 1. The monoisotopic (exact) mass is 461 g/mol. The van der Waals surface area contributed by atoms with Crippen LogP contribution in [-0.2, 0) is 4.79 Å². The number of nitrogens with zero attached hydrogens (tertiary/aromatic N) is 2. The van der Waals surface area contributed by atoms with E-state index < -0.39 is 0 Å². The van der Waals surface area contributed by atoms with Gasteiger partial charge < -0.3 is 4.42 Å². The Morgan fingerprint density at radius 1 is 1.17 bits per heavy atom. The standard InChI is InChI=1S/C20H13Cl2N3O2S2/c21-13-7-12(8-14(22)9-13)17-6-5-15(27-17)10-23-25-19(26)11-28-20-24-16-3-1-2-4-18(16)29-20/h1-10H,11H2,(H,25,26). The van der Waals surface area contributed by atoms with E-state index in [2.05, 4.69) is 15.5 Å². The maximum absolute atomic E-state index is 12.0. The molecule has 0 atom stereocenters. The fraction of sp³-hybridized carbons (Fsp3) is 0.0500. The highest BCUT2D eigenvalue weighted by Crippen LogP contribution is 2.29. The van der Waals surface area contributed by atoms with Crippen LogP contribution in [0.2, 0.25) is 10.0 Å². The highest BCUT2D eigenvalue weighted by molar-refractivity contribution is 8.01. The summed E-state index contributed by atoms with van der Waals surface area (Å²) in [5.41, 5.74) is 4.19. The molecule has 9 heteroatoms. The molecule has 4 rings (SSSR count). The quantitative estimate of drug-likeness (QED) is 0.213. The molecule has 0 aliphatic heterocycles. The van der Waals surface area contributed by atoms with Gasteiger partial charge in [-0.1, -0.05) is 47.1 Å². The summed E-state index contributed by atoms with van der Waals surface area (Å²) >= 11 is 15.0. The number of thioether (sulfide) groups is 1. The molecule has 0 aliphatic rings. The minimum absolute atomic E-state index is 0.223. The van der Waals surface area contributed by atoms with Gasteiger partial charge in [-0.15, -0.1) is 11.3 Å². The number of thiazole rings is 1. The second kappa shape index (κ2) is 9.00. The summed E-state index contributed by atoms with van der Waals surface area (Å²) in [6.07, 6.45) is 1.44. The third-order valence-corrected chi connectivity index (χ3v) is 6.37. The number of furan rings is 1. The molecule has 0 aliphatic carbocycles. The lowest BCUT2D eigenvalue weighted by Gasteiger charge is -1.99. The third kappa shape index (κ3) is 5.19. The lowest BCUT2D eigenvalue weighted by Crippen LogP contribution is -2.19. The molecular formula is C20H13Cl2N3O2S2. The van der Waals surface area contributed by atoms with Gasteiger partial charge >= 0.3 is 0 Å². The molecule has 0 radical (unpaired) electrons. The molecule has 1 amide bonds. The van der Waals surface area contributed by atoms with Crippen LogP contribution in [0.3, 0.4) is 0 Å². The van der Waals surface area contributed by atoms with Crippen molar-refractivity contribution in [3.8, 4) is 11.3 Å². The lowest BCUT2D eigenvalue weighted by molar-refractivity contribution is -0.118. The van der Waals surface area contributed by atoms with Crippen molar-refractivity contribution in [3.05, 3.63) is 70.4 Å². The Balaban J connectivity index is 1.31. The molecule has 2 aromatic carbocycles.